The van der Waals surface area contributed by atoms with E-state index in [1.165, 1.54) is 99.3 Å². The summed E-state index contributed by atoms with van der Waals surface area (Å²) < 4.78 is 14.5. The SMILES string of the molecule is CC1CC2=C3C4C5=C6CC(Cc7cccc(c7)CCCCC7C68C(=O)OC(=C(O)CC(CC6CCCCC69CCCC9)N6CC9CC(C6)C(CC2)N3C9)C8(CC5)C72OC(=O)c3c(CCCN)cccc32)C14. The van der Waals surface area contributed by atoms with Crippen molar-refractivity contribution in [1.82, 2.24) is 9.80 Å². The fourth-order valence-electron chi connectivity index (χ4n) is 21.4. The van der Waals surface area contributed by atoms with Gasteiger partial charge < -0.3 is 25.2 Å². The van der Waals surface area contributed by atoms with Gasteiger partial charge >= 0.3 is 11.9 Å². The fraction of sp³-hybridized carbons (Fsp3) is 0.683. The van der Waals surface area contributed by atoms with Gasteiger partial charge in [0.15, 0.2) is 11.4 Å². The predicted octanol–water partition coefficient (Wildman–Crippen LogP) is 11.8. The van der Waals surface area contributed by atoms with Crippen LogP contribution in [-0.4, -0.2) is 65.1 Å². The van der Waals surface area contributed by atoms with Crippen molar-refractivity contribution in [3.63, 3.8) is 0 Å². The lowest BCUT2D eigenvalue weighted by atomic mass is 9.28. The van der Waals surface area contributed by atoms with Crippen LogP contribution < -0.4 is 5.73 Å². The monoisotopic (exact) mass is 958 g/mol. The van der Waals surface area contributed by atoms with Gasteiger partial charge in [-0.25, -0.2) is 4.79 Å². The predicted molar refractivity (Wildman–Crippen MR) is 274 cm³/mol. The van der Waals surface area contributed by atoms with Crippen LogP contribution in [0.1, 0.15) is 174 Å². The number of hydrogen-bond acceptors (Lipinski definition) is 8. The number of carbonyl (C=O) groups is 2. The third kappa shape index (κ3) is 5.82. The zero-order valence-corrected chi connectivity index (χ0v) is 42.7. The highest BCUT2D eigenvalue weighted by atomic mass is 16.6. The first-order valence-electron chi connectivity index (χ1n) is 29.4. The van der Waals surface area contributed by atoms with E-state index in [4.69, 9.17) is 15.2 Å². The number of allylic oxidation sites excluding steroid dienone is 2. The van der Waals surface area contributed by atoms with Gasteiger partial charge in [-0.3, -0.25) is 9.69 Å². The Morgan fingerprint density at radius 3 is 2.54 bits per heavy atom. The molecule has 0 aromatic heterocycles. The molecule has 2 aromatic carbocycles. The molecule has 14 unspecified atom stereocenters. The van der Waals surface area contributed by atoms with Crippen molar-refractivity contribution in [3.05, 3.63) is 104 Å². The molecule has 3 saturated carbocycles. The van der Waals surface area contributed by atoms with Crippen molar-refractivity contribution in [2.45, 2.75) is 179 Å². The van der Waals surface area contributed by atoms with Gasteiger partial charge in [0.2, 0.25) is 0 Å². The van der Waals surface area contributed by atoms with Crippen LogP contribution in [0.5, 0.6) is 0 Å². The molecule has 2 aromatic rings. The fourth-order valence-corrected chi connectivity index (χ4v) is 21.4. The topological polar surface area (TPSA) is 105 Å². The summed E-state index contributed by atoms with van der Waals surface area (Å²) in [6.07, 6.45) is 25.7. The van der Waals surface area contributed by atoms with Gasteiger partial charge in [0, 0.05) is 61.2 Å². The molecule has 3 N–H and O–H groups in total. The first kappa shape index (κ1) is 44.6. The van der Waals surface area contributed by atoms with Crippen molar-refractivity contribution < 1.29 is 24.2 Å². The minimum absolute atomic E-state index is 0.153. The number of carbonyl (C=O) groups excluding carboxylic acids is 2. The number of aliphatic hydroxyl groups excluding tert-OH is 1. The largest absolute Gasteiger partial charge is 0.509 e. The van der Waals surface area contributed by atoms with Gasteiger partial charge in [0.25, 0.3) is 0 Å². The highest BCUT2D eigenvalue weighted by Gasteiger charge is 2.93. The van der Waals surface area contributed by atoms with Crippen molar-refractivity contribution >= 4 is 11.9 Å². The Kier molecular flexibility index (Phi) is 10.1. The molecule has 15 bridgehead atoms. The molecule has 14 atom stereocenters. The number of nitrogens with two attached hydrogens (primary N) is 1. The van der Waals surface area contributed by atoms with Crippen LogP contribution in [0.15, 0.2) is 76.4 Å². The number of benzene rings is 2. The Labute approximate surface area is 422 Å². The number of rotatable bonds is 5. The number of nitrogens with zero attached hydrogens (tertiary/aromatic N) is 2. The standard InChI is InChI=1S/C63H79N3O5/c1-37-27-42-19-20-50-44-30-40-34-65(36-44)46(32-45-16-4-5-22-60(45)23-6-7-24-60)33-51(67)57-61-25-21-47-49-31-43(53(37)55(47)56(42)66(50)35-40)29-39-13-8-12-38(28-39)11-2-3-18-52(62(49,61)59(69)70-57)63(61)48-17-9-14-41(15-10-26-64)54(48)58(68)71-63/h8-9,12-14,17,28,37,40,43-46,50,52-53,55,67H,2-7,10-11,15-16,18-27,29-36,64H2,1H3. The van der Waals surface area contributed by atoms with E-state index in [2.05, 4.69) is 59.2 Å². The summed E-state index contributed by atoms with van der Waals surface area (Å²) in [6.45, 7) is 6.42. The molecule has 9 aliphatic heterocycles. The number of fused-ring (bicyclic) bond motifs is 7. The Bertz CT molecular complexity index is 2690. The maximum absolute atomic E-state index is 16.4. The average Bonchev–Trinajstić information content (AvgIpc) is 4.05. The van der Waals surface area contributed by atoms with E-state index >= 15 is 9.59 Å². The zero-order chi connectivity index (χ0) is 47.6. The molecule has 6 fully saturated rings. The Hall–Kier alpha value is -3.88. The van der Waals surface area contributed by atoms with Gasteiger partial charge in [-0.1, -0.05) is 98.2 Å². The van der Waals surface area contributed by atoms with Gasteiger partial charge in [0.05, 0.1) is 11.0 Å². The molecular formula is C63H79N3O5. The van der Waals surface area contributed by atoms with Crippen LogP contribution in [0.3, 0.4) is 0 Å². The minimum Gasteiger partial charge on any atom is -0.509 e. The first-order valence-corrected chi connectivity index (χ1v) is 29.4. The van der Waals surface area contributed by atoms with Gasteiger partial charge in [-0.15, -0.1) is 0 Å². The molecule has 16 aliphatic rings. The van der Waals surface area contributed by atoms with E-state index in [1.807, 2.05) is 0 Å². The summed E-state index contributed by atoms with van der Waals surface area (Å²) in [5.41, 5.74) is 15.1. The van der Waals surface area contributed by atoms with Crippen LogP contribution in [-0.2, 0) is 39.1 Å². The van der Waals surface area contributed by atoms with Crippen molar-refractivity contribution in [2.24, 2.45) is 69.3 Å². The third-order valence-corrected chi connectivity index (χ3v) is 23.6. The second kappa shape index (κ2) is 16.1. The van der Waals surface area contributed by atoms with Crippen LogP contribution in [0.25, 0.3) is 0 Å². The number of hydrogen-bond donors (Lipinski definition) is 2. The minimum atomic E-state index is -1.14. The van der Waals surface area contributed by atoms with Crippen molar-refractivity contribution in [1.29, 1.82) is 0 Å². The van der Waals surface area contributed by atoms with Crippen molar-refractivity contribution in [3.8, 4) is 0 Å². The molecule has 0 radical (unpaired) electrons. The maximum Gasteiger partial charge on any atom is 0.339 e. The summed E-state index contributed by atoms with van der Waals surface area (Å²) in [5, 5.41) is 13.7. The zero-order valence-electron chi connectivity index (χ0n) is 42.7. The second-order valence-electron chi connectivity index (χ2n) is 26.4. The second-order valence-corrected chi connectivity index (χ2v) is 26.4. The lowest BCUT2D eigenvalue weighted by molar-refractivity contribution is -0.279. The lowest BCUT2D eigenvalue weighted by Crippen LogP contribution is -2.77. The molecular weight excluding hydrogens is 879 g/mol. The Morgan fingerprint density at radius 2 is 1.66 bits per heavy atom. The van der Waals surface area contributed by atoms with Gasteiger partial charge in [-0.05, 0) is 180 Å². The maximum atomic E-state index is 16.4. The summed E-state index contributed by atoms with van der Waals surface area (Å²) >= 11 is 0. The molecule has 4 spiro atoms. The van der Waals surface area contributed by atoms with Crippen LogP contribution in [0, 0.1) is 63.6 Å². The number of esters is 2. The van der Waals surface area contributed by atoms with Crippen molar-refractivity contribution in [2.75, 3.05) is 26.2 Å². The van der Waals surface area contributed by atoms with Crippen LogP contribution in [0.4, 0.5) is 0 Å². The average molecular weight is 958 g/mol. The number of aryl methyl sites for hydroxylation is 2. The molecule has 8 heteroatoms. The van der Waals surface area contributed by atoms with Gasteiger partial charge in [0.1, 0.15) is 11.2 Å². The summed E-state index contributed by atoms with van der Waals surface area (Å²) in [4.78, 5) is 37.5. The number of aliphatic hydroxyl groups is 1. The third-order valence-electron chi connectivity index (χ3n) is 23.6. The smallest absolute Gasteiger partial charge is 0.339 e. The molecule has 8 nitrogen and oxygen atoms in total. The summed E-state index contributed by atoms with van der Waals surface area (Å²) in [5.74, 6) is 3.47. The van der Waals surface area contributed by atoms with Crippen LogP contribution >= 0.6 is 0 Å². The Morgan fingerprint density at radius 1 is 0.831 bits per heavy atom. The summed E-state index contributed by atoms with van der Waals surface area (Å²) in [7, 11) is 0. The number of ether oxygens (including phenoxy) is 2. The number of piperidine rings is 2. The molecule has 9 heterocycles. The van der Waals surface area contributed by atoms with E-state index in [1.54, 1.807) is 11.3 Å². The van der Waals surface area contributed by atoms with Gasteiger partial charge in [-0.2, -0.15) is 0 Å². The lowest BCUT2D eigenvalue weighted by Gasteiger charge is -2.72. The van der Waals surface area contributed by atoms with E-state index in [-0.39, 0.29) is 35.6 Å². The normalized spacial score (nSPS) is 42.2. The molecule has 71 heavy (non-hydrogen) atoms. The summed E-state index contributed by atoms with van der Waals surface area (Å²) in [6, 6.07) is 16.6. The highest BCUT2D eigenvalue weighted by molar-refractivity contribution is 6.00. The van der Waals surface area contributed by atoms with E-state index in [0.717, 1.165) is 88.5 Å². The molecule has 18 rings (SSSR count). The van der Waals surface area contributed by atoms with E-state index < -0.39 is 16.4 Å². The molecule has 3 saturated heterocycles. The Balaban J connectivity index is 0.994. The molecule has 7 aliphatic carbocycles. The highest BCUT2D eigenvalue weighted by Crippen LogP contribution is 2.87. The quantitative estimate of drug-likeness (QED) is 0.226. The van der Waals surface area contributed by atoms with E-state index in [9.17, 15) is 5.11 Å². The molecule has 376 valence electrons. The first-order chi connectivity index (χ1) is 34.7. The van der Waals surface area contributed by atoms with E-state index in [0.29, 0.717) is 84.1 Å². The molecule has 0 amide bonds. The van der Waals surface area contributed by atoms with Crippen LogP contribution in [0.2, 0.25) is 0 Å².